The zero-order valence-electron chi connectivity index (χ0n) is 9.16. The summed E-state index contributed by atoms with van der Waals surface area (Å²) in [4.78, 5) is 23.5. The third-order valence-electron chi connectivity index (χ3n) is 3.10. The van der Waals surface area contributed by atoms with Crippen LogP contribution in [0.1, 0.15) is 28.8 Å². The molecule has 0 radical (unpaired) electrons. The smallest absolute Gasteiger partial charge is 0.166 e. The second-order valence-corrected chi connectivity index (χ2v) is 7.29. The van der Waals surface area contributed by atoms with E-state index in [0.29, 0.717) is 12.8 Å². The summed E-state index contributed by atoms with van der Waals surface area (Å²) in [6.45, 7) is 0. The molecule has 0 spiro atoms. The Balaban J connectivity index is 1.99. The summed E-state index contributed by atoms with van der Waals surface area (Å²) in [5.41, 5.74) is 1.95. The van der Waals surface area contributed by atoms with Crippen LogP contribution in [0.15, 0.2) is 24.3 Å². The Morgan fingerprint density at radius 1 is 1.35 bits per heavy atom. The SMILES string of the molecule is O=C(CCC1Cc2ccccc2C1=O)C(Br)Br. The molecule has 2 nitrogen and oxygen atoms in total. The quantitative estimate of drug-likeness (QED) is 0.771. The van der Waals surface area contributed by atoms with Crippen LogP contribution in [0.4, 0.5) is 0 Å². The van der Waals surface area contributed by atoms with Crippen LogP contribution in [0, 0.1) is 5.92 Å². The van der Waals surface area contributed by atoms with E-state index in [-0.39, 0.29) is 21.2 Å². The highest BCUT2D eigenvalue weighted by molar-refractivity contribution is 9.25. The van der Waals surface area contributed by atoms with Crippen LogP contribution < -0.4 is 0 Å². The van der Waals surface area contributed by atoms with E-state index < -0.39 is 0 Å². The number of fused-ring (bicyclic) bond motifs is 1. The summed E-state index contributed by atoms with van der Waals surface area (Å²) in [5.74, 6) is 0.262. The maximum absolute atomic E-state index is 12.0. The molecule has 0 amide bonds. The molecular weight excluding hydrogens is 348 g/mol. The zero-order valence-corrected chi connectivity index (χ0v) is 12.3. The van der Waals surface area contributed by atoms with Gasteiger partial charge < -0.3 is 0 Å². The molecule has 0 heterocycles. The number of hydrogen-bond donors (Lipinski definition) is 0. The lowest BCUT2D eigenvalue weighted by molar-refractivity contribution is -0.117. The topological polar surface area (TPSA) is 34.1 Å². The molecule has 0 bridgehead atoms. The monoisotopic (exact) mass is 358 g/mol. The number of Topliss-reactive ketones (excluding diaryl/α,β-unsaturated/α-hetero) is 2. The van der Waals surface area contributed by atoms with Gasteiger partial charge in [-0.05, 0) is 18.4 Å². The highest BCUT2D eigenvalue weighted by atomic mass is 79.9. The van der Waals surface area contributed by atoms with Gasteiger partial charge in [0.05, 0.1) is 0 Å². The Bertz CT molecular complexity index is 454. The Morgan fingerprint density at radius 3 is 2.71 bits per heavy atom. The fourth-order valence-corrected chi connectivity index (χ4v) is 2.63. The molecule has 0 saturated carbocycles. The Hall–Kier alpha value is -0.480. The molecule has 2 rings (SSSR count). The minimum absolute atomic E-state index is 0.0184. The van der Waals surface area contributed by atoms with Gasteiger partial charge in [0, 0.05) is 17.9 Å². The molecule has 1 unspecified atom stereocenters. The van der Waals surface area contributed by atoms with Crippen molar-refractivity contribution in [1.29, 1.82) is 0 Å². The number of carbonyl (C=O) groups excluding carboxylic acids is 2. The second-order valence-electron chi connectivity index (χ2n) is 4.23. The lowest BCUT2D eigenvalue weighted by atomic mass is 9.98. The first-order valence-electron chi connectivity index (χ1n) is 5.52. The molecule has 0 saturated heterocycles. The first kappa shape index (κ1) is 13.0. The van der Waals surface area contributed by atoms with Crippen molar-refractivity contribution in [3.63, 3.8) is 0 Å². The van der Waals surface area contributed by atoms with Gasteiger partial charge >= 0.3 is 0 Å². The Morgan fingerprint density at radius 2 is 2.06 bits per heavy atom. The first-order valence-corrected chi connectivity index (χ1v) is 7.35. The second kappa shape index (κ2) is 5.44. The minimum Gasteiger partial charge on any atom is -0.297 e. The minimum atomic E-state index is -0.297. The molecule has 1 atom stereocenters. The third kappa shape index (κ3) is 2.86. The van der Waals surface area contributed by atoms with Crippen molar-refractivity contribution in [2.24, 2.45) is 5.92 Å². The number of hydrogen-bond acceptors (Lipinski definition) is 2. The number of rotatable bonds is 4. The Kier molecular flexibility index (Phi) is 4.15. The van der Waals surface area contributed by atoms with Crippen molar-refractivity contribution in [1.82, 2.24) is 0 Å². The third-order valence-corrected chi connectivity index (χ3v) is 4.12. The molecule has 1 aliphatic carbocycles. The van der Waals surface area contributed by atoms with Gasteiger partial charge in [0.2, 0.25) is 0 Å². The van der Waals surface area contributed by atoms with Crippen LogP contribution in [0.3, 0.4) is 0 Å². The van der Waals surface area contributed by atoms with E-state index in [2.05, 4.69) is 31.9 Å². The van der Waals surface area contributed by atoms with E-state index in [1.54, 1.807) is 0 Å². The standard InChI is InChI=1S/C13H12Br2O2/c14-13(15)11(16)6-5-9-7-8-3-1-2-4-10(8)12(9)17/h1-4,9,13H,5-7H2. The molecule has 0 aromatic heterocycles. The zero-order chi connectivity index (χ0) is 12.4. The van der Waals surface area contributed by atoms with Crippen LogP contribution in [0.5, 0.6) is 0 Å². The molecule has 0 N–H and O–H groups in total. The van der Waals surface area contributed by atoms with E-state index in [9.17, 15) is 9.59 Å². The van der Waals surface area contributed by atoms with Crippen molar-refractivity contribution in [2.45, 2.75) is 23.0 Å². The van der Waals surface area contributed by atoms with Gasteiger partial charge in [-0.15, -0.1) is 0 Å². The maximum Gasteiger partial charge on any atom is 0.166 e. The van der Waals surface area contributed by atoms with Crippen molar-refractivity contribution >= 4 is 43.4 Å². The van der Waals surface area contributed by atoms with Gasteiger partial charge in [0.1, 0.15) is 3.74 Å². The number of alkyl halides is 2. The summed E-state index contributed by atoms with van der Waals surface area (Å²) < 4.78 is -0.297. The molecule has 17 heavy (non-hydrogen) atoms. The van der Waals surface area contributed by atoms with E-state index in [1.807, 2.05) is 24.3 Å². The lowest BCUT2D eigenvalue weighted by Crippen LogP contribution is -2.14. The summed E-state index contributed by atoms with van der Waals surface area (Å²) in [5, 5.41) is 0. The van der Waals surface area contributed by atoms with E-state index >= 15 is 0 Å². The van der Waals surface area contributed by atoms with E-state index in [1.165, 1.54) is 0 Å². The molecule has 1 aromatic carbocycles. The molecule has 90 valence electrons. The number of benzene rings is 1. The predicted molar refractivity (Wildman–Crippen MR) is 73.8 cm³/mol. The van der Waals surface area contributed by atoms with Crippen molar-refractivity contribution in [2.75, 3.05) is 0 Å². The van der Waals surface area contributed by atoms with E-state index in [4.69, 9.17) is 0 Å². The van der Waals surface area contributed by atoms with Crippen molar-refractivity contribution < 1.29 is 9.59 Å². The average molecular weight is 360 g/mol. The number of ketones is 2. The summed E-state index contributed by atoms with van der Waals surface area (Å²) >= 11 is 6.35. The van der Waals surface area contributed by atoms with E-state index in [0.717, 1.165) is 17.5 Å². The average Bonchev–Trinajstić information content (AvgIpc) is 2.64. The highest BCUT2D eigenvalue weighted by Crippen LogP contribution is 2.30. The van der Waals surface area contributed by atoms with Crippen LogP contribution in [-0.2, 0) is 11.2 Å². The highest BCUT2D eigenvalue weighted by Gasteiger charge is 2.30. The van der Waals surface area contributed by atoms with Gasteiger partial charge in [-0.1, -0.05) is 56.1 Å². The fourth-order valence-electron chi connectivity index (χ4n) is 2.18. The Labute approximate surface area is 117 Å². The summed E-state index contributed by atoms with van der Waals surface area (Å²) in [6.07, 6.45) is 1.85. The summed E-state index contributed by atoms with van der Waals surface area (Å²) in [6, 6.07) is 7.70. The number of halogens is 2. The van der Waals surface area contributed by atoms with Gasteiger partial charge in [0.25, 0.3) is 0 Å². The lowest BCUT2D eigenvalue weighted by Gasteiger charge is -2.07. The summed E-state index contributed by atoms with van der Waals surface area (Å²) in [7, 11) is 0. The van der Waals surface area contributed by atoms with Gasteiger partial charge in [-0.3, -0.25) is 9.59 Å². The van der Waals surface area contributed by atoms with Gasteiger partial charge in [-0.2, -0.15) is 0 Å². The van der Waals surface area contributed by atoms with Crippen molar-refractivity contribution in [3.05, 3.63) is 35.4 Å². The molecule has 1 aliphatic rings. The molecule has 0 aliphatic heterocycles. The van der Waals surface area contributed by atoms with Gasteiger partial charge in [-0.25, -0.2) is 0 Å². The number of carbonyl (C=O) groups is 2. The van der Waals surface area contributed by atoms with Crippen molar-refractivity contribution in [3.8, 4) is 0 Å². The molecule has 0 fully saturated rings. The largest absolute Gasteiger partial charge is 0.297 e. The van der Waals surface area contributed by atoms with Crippen LogP contribution in [0.25, 0.3) is 0 Å². The van der Waals surface area contributed by atoms with Crippen LogP contribution >= 0.6 is 31.9 Å². The maximum atomic E-state index is 12.0. The first-order chi connectivity index (χ1) is 8.09. The molecule has 4 heteroatoms. The molecule has 1 aromatic rings. The van der Waals surface area contributed by atoms with Crippen LogP contribution in [-0.4, -0.2) is 15.3 Å². The fraction of sp³-hybridized carbons (Fsp3) is 0.385. The predicted octanol–water partition coefficient (Wildman–Crippen LogP) is 3.51. The normalized spacial score (nSPS) is 18.5. The van der Waals surface area contributed by atoms with Gasteiger partial charge in [0.15, 0.2) is 11.6 Å². The van der Waals surface area contributed by atoms with Crippen LogP contribution in [0.2, 0.25) is 0 Å². The molecular formula is C13H12Br2O2.